The van der Waals surface area contributed by atoms with E-state index in [2.05, 4.69) is 18.9 Å². The molecule has 2 N–H and O–H groups in total. The fourth-order valence-electron chi connectivity index (χ4n) is 1.57. The molecule has 1 aromatic heterocycles. The summed E-state index contributed by atoms with van der Waals surface area (Å²) >= 11 is 0. The maximum atomic E-state index is 5.69. The average molecular weight is 209 g/mol. The van der Waals surface area contributed by atoms with E-state index < -0.39 is 0 Å². The maximum absolute atomic E-state index is 5.69. The Morgan fingerprint density at radius 2 is 2.13 bits per heavy atom. The molecule has 0 aliphatic heterocycles. The number of unbranched alkanes of at least 4 members (excludes halogenated alkanes) is 1. The van der Waals surface area contributed by atoms with E-state index in [4.69, 9.17) is 5.73 Å². The van der Waals surface area contributed by atoms with E-state index in [0.717, 1.165) is 18.8 Å². The molecule has 0 aliphatic carbocycles. The second-order valence-corrected chi connectivity index (χ2v) is 5.05. The van der Waals surface area contributed by atoms with Gasteiger partial charge in [0.25, 0.3) is 0 Å². The largest absolute Gasteiger partial charge is 0.330 e. The number of aromatic nitrogens is 2. The number of hydrogen-bond donors (Lipinski definition) is 1. The van der Waals surface area contributed by atoms with E-state index in [0.29, 0.717) is 5.41 Å². The summed E-state index contributed by atoms with van der Waals surface area (Å²) in [5.41, 5.74) is 7.07. The van der Waals surface area contributed by atoms with Crippen molar-refractivity contribution in [1.29, 1.82) is 0 Å². The molecule has 0 amide bonds. The first-order valence-corrected chi connectivity index (χ1v) is 5.74. The normalized spacial score (nSPS) is 12.0. The fraction of sp³-hybridized carbons (Fsp3) is 0.750. The molecular formula is C12H23N3. The van der Waals surface area contributed by atoms with Gasteiger partial charge < -0.3 is 5.73 Å². The number of aryl methyl sites for hydroxylation is 2. The topological polar surface area (TPSA) is 43.8 Å². The van der Waals surface area contributed by atoms with Crippen molar-refractivity contribution in [2.45, 2.75) is 46.6 Å². The predicted molar refractivity (Wildman–Crippen MR) is 63.7 cm³/mol. The van der Waals surface area contributed by atoms with Crippen LogP contribution in [0.2, 0.25) is 0 Å². The summed E-state index contributed by atoms with van der Waals surface area (Å²) in [5.74, 6) is 0. The van der Waals surface area contributed by atoms with Gasteiger partial charge in [-0.15, -0.1) is 0 Å². The van der Waals surface area contributed by atoms with Crippen molar-refractivity contribution in [3.8, 4) is 0 Å². The highest BCUT2D eigenvalue weighted by atomic mass is 15.3. The van der Waals surface area contributed by atoms with Crippen molar-refractivity contribution in [2.75, 3.05) is 6.54 Å². The number of rotatable bonds is 6. The molecule has 1 heterocycles. The predicted octanol–water partition coefficient (Wildman–Crippen LogP) is 2.35. The minimum Gasteiger partial charge on any atom is -0.330 e. The summed E-state index contributed by atoms with van der Waals surface area (Å²) in [5, 5.41) is 4.36. The molecule has 0 saturated heterocycles. The van der Waals surface area contributed by atoms with Gasteiger partial charge in [0.1, 0.15) is 0 Å². The zero-order valence-corrected chi connectivity index (χ0v) is 10.2. The van der Waals surface area contributed by atoms with Crippen molar-refractivity contribution in [3.05, 3.63) is 18.0 Å². The van der Waals surface area contributed by atoms with Crippen LogP contribution in [0.25, 0.3) is 0 Å². The van der Waals surface area contributed by atoms with E-state index in [1.165, 1.54) is 19.3 Å². The molecule has 0 atom stereocenters. The van der Waals surface area contributed by atoms with Crippen LogP contribution in [0, 0.1) is 12.3 Å². The smallest absolute Gasteiger partial charge is 0.0593 e. The van der Waals surface area contributed by atoms with Crippen LogP contribution in [0.1, 0.15) is 38.8 Å². The maximum Gasteiger partial charge on any atom is 0.0593 e. The molecule has 0 saturated carbocycles. The molecular weight excluding hydrogens is 186 g/mol. The summed E-state index contributed by atoms with van der Waals surface area (Å²) in [6.07, 6.45) is 5.65. The summed E-state index contributed by atoms with van der Waals surface area (Å²) in [7, 11) is 0. The van der Waals surface area contributed by atoms with Crippen molar-refractivity contribution >= 4 is 0 Å². The Kier molecular flexibility index (Phi) is 4.33. The molecule has 0 bridgehead atoms. The van der Waals surface area contributed by atoms with Crippen molar-refractivity contribution in [3.63, 3.8) is 0 Å². The number of hydrogen-bond acceptors (Lipinski definition) is 2. The average Bonchev–Trinajstić information content (AvgIpc) is 2.59. The number of nitrogens with zero attached hydrogens (tertiary/aromatic N) is 2. The fourth-order valence-corrected chi connectivity index (χ4v) is 1.57. The van der Waals surface area contributed by atoms with Crippen molar-refractivity contribution < 1.29 is 0 Å². The molecule has 86 valence electrons. The Morgan fingerprint density at radius 1 is 1.40 bits per heavy atom. The molecule has 1 aromatic rings. The van der Waals surface area contributed by atoms with E-state index in [1.807, 2.05) is 23.9 Å². The van der Waals surface area contributed by atoms with Gasteiger partial charge in [-0.3, -0.25) is 4.68 Å². The van der Waals surface area contributed by atoms with Gasteiger partial charge in [0.2, 0.25) is 0 Å². The Hall–Kier alpha value is -0.830. The lowest BCUT2D eigenvalue weighted by atomic mass is 9.87. The van der Waals surface area contributed by atoms with Gasteiger partial charge in [-0.25, -0.2) is 0 Å². The molecule has 3 nitrogen and oxygen atoms in total. The quantitative estimate of drug-likeness (QED) is 0.731. The van der Waals surface area contributed by atoms with E-state index in [-0.39, 0.29) is 0 Å². The SMILES string of the molecule is Cc1ccn(CCCCC(C)(C)CN)n1. The Labute approximate surface area is 92.7 Å². The summed E-state index contributed by atoms with van der Waals surface area (Å²) in [4.78, 5) is 0. The van der Waals surface area contributed by atoms with Crippen LogP contribution < -0.4 is 5.73 Å². The Bertz CT molecular complexity index is 289. The van der Waals surface area contributed by atoms with Crippen LogP contribution in [0.5, 0.6) is 0 Å². The molecule has 0 spiro atoms. The standard InChI is InChI=1S/C12H23N3/c1-11-6-9-15(14-11)8-5-4-7-12(2,3)10-13/h6,9H,4-5,7-8,10,13H2,1-3H3. The zero-order valence-electron chi connectivity index (χ0n) is 10.2. The number of nitrogens with two attached hydrogens (primary N) is 1. The molecule has 0 radical (unpaired) electrons. The van der Waals surface area contributed by atoms with E-state index in [9.17, 15) is 0 Å². The molecule has 3 heteroatoms. The van der Waals surface area contributed by atoms with Crippen molar-refractivity contribution in [2.24, 2.45) is 11.1 Å². The van der Waals surface area contributed by atoms with Gasteiger partial charge >= 0.3 is 0 Å². The monoisotopic (exact) mass is 209 g/mol. The van der Waals surface area contributed by atoms with Crippen LogP contribution in [0.15, 0.2) is 12.3 Å². The summed E-state index contributed by atoms with van der Waals surface area (Å²) < 4.78 is 2.02. The van der Waals surface area contributed by atoms with Gasteiger partial charge in [-0.05, 0) is 37.8 Å². The van der Waals surface area contributed by atoms with Crippen LogP contribution >= 0.6 is 0 Å². The van der Waals surface area contributed by atoms with Crippen LogP contribution in [-0.2, 0) is 6.54 Å². The molecule has 15 heavy (non-hydrogen) atoms. The second-order valence-electron chi connectivity index (χ2n) is 5.05. The zero-order chi connectivity index (χ0) is 11.3. The Balaban J connectivity index is 2.17. The lowest BCUT2D eigenvalue weighted by molar-refractivity contribution is 0.327. The minimum absolute atomic E-state index is 0.292. The molecule has 0 fully saturated rings. The third kappa shape index (κ3) is 4.47. The van der Waals surface area contributed by atoms with Crippen LogP contribution in [0.3, 0.4) is 0 Å². The first-order chi connectivity index (χ1) is 7.03. The van der Waals surface area contributed by atoms with E-state index >= 15 is 0 Å². The minimum atomic E-state index is 0.292. The van der Waals surface area contributed by atoms with Gasteiger partial charge in [0, 0.05) is 12.7 Å². The summed E-state index contributed by atoms with van der Waals surface area (Å²) in [6, 6.07) is 2.05. The van der Waals surface area contributed by atoms with Gasteiger partial charge in [0.05, 0.1) is 5.69 Å². The molecule has 1 rings (SSSR count). The first kappa shape index (κ1) is 12.2. The Morgan fingerprint density at radius 3 is 2.67 bits per heavy atom. The highest BCUT2D eigenvalue weighted by Gasteiger charge is 2.14. The first-order valence-electron chi connectivity index (χ1n) is 5.74. The van der Waals surface area contributed by atoms with Crippen molar-refractivity contribution in [1.82, 2.24) is 9.78 Å². The van der Waals surface area contributed by atoms with E-state index in [1.54, 1.807) is 0 Å². The lowest BCUT2D eigenvalue weighted by Crippen LogP contribution is -2.23. The van der Waals surface area contributed by atoms with Crippen LogP contribution in [-0.4, -0.2) is 16.3 Å². The van der Waals surface area contributed by atoms with Gasteiger partial charge in [-0.1, -0.05) is 20.3 Å². The lowest BCUT2D eigenvalue weighted by Gasteiger charge is -2.21. The third-order valence-electron chi connectivity index (χ3n) is 2.82. The molecule has 0 aliphatic rings. The molecule has 0 aromatic carbocycles. The third-order valence-corrected chi connectivity index (χ3v) is 2.82. The van der Waals surface area contributed by atoms with Gasteiger partial charge in [0.15, 0.2) is 0 Å². The highest BCUT2D eigenvalue weighted by molar-refractivity contribution is 4.94. The highest BCUT2D eigenvalue weighted by Crippen LogP contribution is 2.21. The molecule has 0 unspecified atom stereocenters. The second kappa shape index (κ2) is 5.31. The van der Waals surface area contributed by atoms with Gasteiger partial charge in [-0.2, -0.15) is 5.10 Å². The van der Waals surface area contributed by atoms with Crippen LogP contribution in [0.4, 0.5) is 0 Å². The summed E-state index contributed by atoms with van der Waals surface area (Å²) in [6.45, 7) is 8.27.